The Morgan fingerprint density at radius 3 is 2.50 bits per heavy atom. The van der Waals surface area contributed by atoms with Crippen LogP contribution < -0.4 is 0 Å². The van der Waals surface area contributed by atoms with Gasteiger partial charge < -0.3 is 0 Å². The maximum absolute atomic E-state index is 12.1. The quantitative estimate of drug-likeness (QED) is 0.452. The van der Waals surface area contributed by atoms with E-state index in [2.05, 4.69) is 17.6 Å². The number of alkyl halides is 3. The second-order valence-corrected chi connectivity index (χ2v) is 2.79. The van der Waals surface area contributed by atoms with Crippen molar-refractivity contribution in [3.05, 3.63) is 28.1 Å². The van der Waals surface area contributed by atoms with Gasteiger partial charge in [0, 0.05) is 12.3 Å². The largest absolute Gasteiger partial charge is 0.433 e. The third-order valence-electron chi connectivity index (χ3n) is 1.35. The van der Waals surface area contributed by atoms with E-state index < -0.39 is 22.5 Å². The van der Waals surface area contributed by atoms with Crippen LogP contribution in [0.25, 0.3) is 0 Å². The third-order valence-corrected chi connectivity index (χ3v) is 1.69. The van der Waals surface area contributed by atoms with Crippen LogP contribution in [0.1, 0.15) is 5.69 Å². The van der Waals surface area contributed by atoms with Crippen LogP contribution in [0.2, 0.25) is 0 Å². The minimum Gasteiger partial charge on any atom is -0.258 e. The summed E-state index contributed by atoms with van der Waals surface area (Å²) in [4.78, 5) is 12.1. The minimum atomic E-state index is -4.69. The smallest absolute Gasteiger partial charge is 0.258 e. The van der Waals surface area contributed by atoms with Gasteiger partial charge in [-0.05, 0) is 0 Å². The van der Waals surface area contributed by atoms with E-state index in [1.807, 2.05) is 0 Å². The fourth-order valence-electron chi connectivity index (χ4n) is 0.739. The molecule has 0 atom stereocenters. The molecular formula is C6H3F3N2O2S. The topological polar surface area (TPSA) is 56.0 Å². The molecule has 0 saturated heterocycles. The summed E-state index contributed by atoms with van der Waals surface area (Å²) in [7, 11) is 0. The minimum absolute atomic E-state index is 0.206. The van der Waals surface area contributed by atoms with Gasteiger partial charge in [-0.2, -0.15) is 13.2 Å². The van der Waals surface area contributed by atoms with Crippen molar-refractivity contribution in [2.45, 2.75) is 11.1 Å². The Hall–Kier alpha value is -1.31. The number of hydrogen-bond donors (Lipinski definition) is 1. The highest BCUT2D eigenvalue weighted by Crippen LogP contribution is 2.31. The first kappa shape index (κ1) is 10.8. The predicted octanol–water partition coefficient (Wildman–Crippen LogP) is 2.30. The van der Waals surface area contributed by atoms with Crippen LogP contribution in [0.3, 0.4) is 0 Å². The zero-order valence-corrected chi connectivity index (χ0v) is 7.34. The van der Waals surface area contributed by atoms with Crippen molar-refractivity contribution >= 4 is 18.3 Å². The van der Waals surface area contributed by atoms with E-state index in [1.165, 1.54) is 0 Å². The van der Waals surface area contributed by atoms with Crippen LogP contribution in [-0.2, 0) is 6.18 Å². The van der Waals surface area contributed by atoms with Crippen LogP contribution in [0.4, 0.5) is 18.9 Å². The van der Waals surface area contributed by atoms with E-state index in [-0.39, 0.29) is 4.90 Å². The lowest BCUT2D eigenvalue weighted by atomic mass is 10.3. The second-order valence-electron chi connectivity index (χ2n) is 2.31. The van der Waals surface area contributed by atoms with E-state index in [1.54, 1.807) is 0 Å². The van der Waals surface area contributed by atoms with Gasteiger partial charge in [0.2, 0.25) is 0 Å². The molecule has 0 aliphatic carbocycles. The Labute approximate surface area is 81.3 Å². The molecule has 0 aliphatic rings. The van der Waals surface area contributed by atoms with E-state index in [0.29, 0.717) is 12.3 Å². The molecule has 0 saturated carbocycles. The molecule has 0 bridgehead atoms. The molecule has 0 aromatic carbocycles. The van der Waals surface area contributed by atoms with Crippen LogP contribution in [0, 0.1) is 10.1 Å². The number of halogens is 3. The number of nitro groups is 1. The van der Waals surface area contributed by atoms with Gasteiger partial charge in [-0.25, -0.2) is 0 Å². The second kappa shape index (κ2) is 3.45. The van der Waals surface area contributed by atoms with Gasteiger partial charge in [0.05, 0.1) is 4.92 Å². The highest BCUT2D eigenvalue weighted by Gasteiger charge is 2.34. The maximum atomic E-state index is 12.1. The summed E-state index contributed by atoms with van der Waals surface area (Å²) < 4.78 is 36.2. The molecule has 0 N–H and O–H groups in total. The van der Waals surface area contributed by atoms with Gasteiger partial charge in [0.15, 0.2) is 5.69 Å². The van der Waals surface area contributed by atoms with Crippen LogP contribution in [-0.4, -0.2) is 9.91 Å². The summed E-state index contributed by atoms with van der Waals surface area (Å²) in [5, 5.41) is 10.3. The number of aromatic nitrogens is 1. The number of nitrogens with zero attached hydrogens (tertiary/aromatic N) is 2. The zero-order chi connectivity index (χ0) is 10.9. The first-order valence-corrected chi connectivity index (χ1v) is 3.67. The average molecular weight is 224 g/mol. The Bertz CT molecular complexity index is 380. The highest BCUT2D eigenvalue weighted by molar-refractivity contribution is 7.80. The molecule has 14 heavy (non-hydrogen) atoms. The normalized spacial score (nSPS) is 11.4. The van der Waals surface area contributed by atoms with Gasteiger partial charge in [0.1, 0.15) is 4.90 Å². The van der Waals surface area contributed by atoms with Gasteiger partial charge in [-0.15, -0.1) is 12.6 Å². The first-order chi connectivity index (χ1) is 6.32. The van der Waals surface area contributed by atoms with E-state index in [9.17, 15) is 23.3 Å². The molecule has 0 radical (unpaired) electrons. The van der Waals surface area contributed by atoms with Gasteiger partial charge in [-0.3, -0.25) is 15.1 Å². The molecule has 0 fully saturated rings. The molecule has 1 aromatic rings. The maximum Gasteiger partial charge on any atom is 0.433 e. The van der Waals surface area contributed by atoms with Crippen molar-refractivity contribution < 1.29 is 18.1 Å². The van der Waals surface area contributed by atoms with Gasteiger partial charge >= 0.3 is 6.18 Å². The fraction of sp³-hybridized carbons (Fsp3) is 0.167. The predicted molar refractivity (Wildman–Crippen MR) is 43.1 cm³/mol. The fourth-order valence-corrected chi connectivity index (χ4v) is 0.943. The molecule has 4 nitrogen and oxygen atoms in total. The van der Waals surface area contributed by atoms with E-state index in [0.717, 1.165) is 0 Å². The van der Waals surface area contributed by atoms with E-state index in [4.69, 9.17) is 0 Å². The van der Waals surface area contributed by atoms with Crippen molar-refractivity contribution in [2.75, 3.05) is 0 Å². The molecule has 1 aromatic heterocycles. The van der Waals surface area contributed by atoms with Crippen LogP contribution in [0.5, 0.6) is 0 Å². The molecule has 1 heterocycles. The first-order valence-electron chi connectivity index (χ1n) is 3.23. The Morgan fingerprint density at radius 2 is 2.07 bits per heavy atom. The molecule has 8 heteroatoms. The Morgan fingerprint density at radius 1 is 1.50 bits per heavy atom. The number of thiol groups is 1. The van der Waals surface area contributed by atoms with Crippen molar-refractivity contribution in [1.82, 2.24) is 4.98 Å². The molecular weight excluding hydrogens is 221 g/mol. The molecule has 0 spiro atoms. The molecule has 76 valence electrons. The summed E-state index contributed by atoms with van der Waals surface area (Å²) in [6, 6.07) is 0.350. The zero-order valence-electron chi connectivity index (χ0n) is 6.45. The Balaban J connectivity index is 3.27. The molecule has 0 unspecified atom stereocenters. The molecule has 0 amide bonds. The number of pyridine rings is 1. The number of rotatable bonds is 1. The monoisotopic (exact) mass is 224 g/mol. The van der Waals surface area contributed by atoms with Gasteiger partial charge in [-0.1, -0.05) is 0 Å². The number of hydrogen-bond acceptors (Lipinski definition) is 4. The SMILES string of the molecule is O=[N+]([O-])c1cc(C(F)(F)F)ncc1S. The van der Waals surface area contributed by atoms with Crippen molar-refractivity contribution in [3.8, 4) is 0 Å². The summed E-state index contributed by atoms with van der Waals surface area (Å²) in [5.74, 6) is 0. The summed E-state index contributed by atoms with van der Waals surface area (Å²) in [6.07, 6.45) is -3.99. The molecule has 1 rings (SSSR count). The van der Waals surface area contributed by atoms with Crippen LogP contribution >= 0.6 is 12.6 Å². The standard InChI is InChI=1S/C6H3F3N2O2S/c7-6(8,9)5-1-3(11(12)13)4(14)2-10-5/h1-2,14H. The molecule has 0 aliphatic heterocycles. The lowest BCUT2D eigenvalue weighted by Gasteiger charge is -2.04. The third kappa shape index (κ3) is 2.13. The summed E-state index contributed by atoms with van der Waals surface area (Å²) in [6.45, 7) is 0. The van der Waals surface area contributed by atoms with E-state index >= 15 is 0 Å². The highest BCUT2D eigenvalue weighted by atomic mass is 32.1. The summed E-state index contributed by atoms with van der Waals surface area (Å²) >= 11 is 3.61. The lowest BCUT2D eigenvalue weighted by molar-refractivity contribution is -0.388. The van der Waals surface area contributed by atoms with Crippen molar-refractivity contribution in [1.29, 1.82) is 0 Å². The Kier molecular flexibility index (Phi) is 2.65. The van der Waals surface area contributed by atoms with Gasteiger partial charge in [0.25, 0.3) is 5.69 Å². The average Bonchev–Trinajstić information content (AvgIpc) is 2.02. The lowest BCUT2D eigenvalue weighted by Crippen LogP contribution is -2.08. The van der Waals surface area contributed by atoms with Crippen molar-refractivity contribution in [2.24, 2.45) is 0 Å². The van der Waals surface area contributed by atoms with Crippen LogP contribution in [0.15, 0.2) is 17.2 Å². The van der Waals surface area contributed by atoms with Crippen molar-refractivity contribution in [3.63, 3.8) is 0 Å². The summed E-state index contributed by atoms with van der Waals surface area (Å²) in [5.41, 5.74) is -2.02.